The summed E-state index contributed by atoms with van der Waals surface area (Å²) in [5.41, 5.74) is 0.358. The average Bonchev–Trinajstić information content (AvgIpc) is 3.20. The van der Waals surface area contributed by atoms with Crippen LogP contribution in [0.15, 0.2) is 30.5 Å². The van der Waals surface area contributed by atoms with E-state index in [9.17, 15) is 26.7 Å². The molecule has 0 bridgehead atoms. The highest BCUT2D eigenvalue weighted by Gasteiger charge is 2.53. The molecule has 1 aliphatic carbocycles. The van der Waals surface area contributed by atoms with E-state index in [1.54, 1.807) is 0 Å². The van der Waals surface area contributed by atoms with E-state index in [0.717, 1.165) is 29.1 Å². The van der Waals surface area contributed by atoms with Crippen LogP contribution in [0.5, 0.6) is 5.75 Å². The first-order valence-electron chi connectivity index (χ1n) is 12.1. The Hall–Kier alpha value is -3.23. The number of nitrogens with one attached hydrogen (secondary N) is 1. The molecule has 3 aliphatic rings. The molecule has 6 rings (SSSR count). The first-order chi connectivity index (χ1) is 18.5. The van der Waals surface area contributed by atoms with Gasteiger partial charge in [-0.1, -0.05) is 0 Å². The number of rotatable bonds is 6. The highest BCUT2D eigenvalue weighted by molar-refractivity contribution is 8.27. The fourth-order valence-corrected chi connectivity index (χ4v) is 8.11. The minimum Gasteiger partial charge on any atom is -0.435 e. The highest BCUT2D eigenvalue weighted by Crippen LogP contribution is 2.67. The molecule has 2 fully saturated rings. The SMILES string of the molecule is CC1(NC(=O)[C@@H]2CCc3c(-c4cc(OC(F)F)ccc4F)nn(-c4ncc(F)cc4F)c3C2)CS2(C1)OCO2. The van der Waals surface area contributed by atoms with E-state index < -0.39 is 46.1 Å². The van der Waals surface area contributed by atoms with Gasteiger partial charge >= 0.3 is 6.61 Å². The lowest BCUT2D eigenvalue weighted by Gasteiger charge is -2.64. The number of ether oxygens (including phenoxy) is 1. The Balaban J connectivity index is 1.35. The summed E-state index contributed by atoms with van der Waals surface area (Å²) >= 11 is 0. The van der Waals surface area contributed by atoms with Gasteiger partial charge in [-0.25, -0.2) is 22.8 Å². The summed E-state index contributed by atoms with van der Waals surface area (Å²) in [4.78, 5) is 17.1. The smallest absolute Gasteiger partial charge is 0.387 e. The molecular formula is C25H23F5N4O4S. The minimum absolute atomic E-state index is 0.0716. The zero-order valence-electron chi connectivity index (χ0n) is 20.6. The second kappa shape index (κ2) is 9.45. The van der Waals surface area contributed by atoms with Gasteiger partial charge in [0.05, 0.1) is 34.6 Å². The topological polar surface area (TPSA) is 87.5 Å². The third-order valence-electron chi connectivity index (χ3n) is 7.08. The van der Waals surface area contributed by atoms with E-state index in [2.05, 4.69) is 20.1 Å². The molecule has 0 saturated carbocycles. The van der Waals surface area contributed by atoms with E-state index in [4.69, 9.17) is 8.37 Å². The van der Waals surface area contributed by atoms with Crippen molar-refractivity contribution in [3.8, 4) is 22.8 Å². The lowest BCUT2D eigenvalue weighted by atomic mass is 9.84. The Bertz CT molecular complexity index is 1460. The third-order valence-corrected chi connectivity index (χ3v) is 10.3. The van der Waals surface area contributed by atoms with Crippen LogP contribution < -0.4 is 10.1 Å². The summed E-state index contributed by atoms with van der Waals surface area (Å²) in [6, 6.07) is 3.75. The van der Waals surface area contributed by atoms with Crippen LogP contribution in [-0.4, -0.2) is 51.1 Å². The summed E-state index contributed by atoms with van der Waals surface area (Å²) in [5, 5.41) is 7.46. The molecule has 8 nitrogen and oxygen atoms in total. The number of halogens is 5. The van der Waals surface area contributed by atoms with E-state index in [1.807, 2.05) is 6.92 Å². The highest BCUT2D eigenvalue weighted by atomic mass is 32.3. The number of hydrogen-bond acceptors (Lipinski definition) is 6. The molecule has 208 valence electrons. The van der Waals surface area contributed by atoms with Crippen LogP contribution in [0.4, 0.5) is 22.0 Å². The van der Waals surface area contributed by atoms with E-state index in [1.165, 1.54) is 0 Å². The number of alkyl halides is 2. The van der Waals surface area contributed by atoms with Crippen molar-refractivity contribution in [3.05, 3.63) is 59.2 Å². The normalized spacial score (nSPS) is 21.6. The quantitative estimate of drug-likeness (QED) is 0.437. The first kappa shape index (κ1) is 26.0. The number of carbonyl (C=O) groups is 1. The first-order valence-corrected chi connectivity index (χ1v) is 13.9. The molecule has 1 aromatic carbocycles. The average molecular weight is 571 g/mol. The van der Waals surface area contributed by atoms with Crippen LogP contribution in [0.2, 0.25) is 0 Å². The number of nitrogens with zero attached hydrogens (tertiary/aromatic N) is 3. The predicted molar refractivity (Wildman–Crippen MR) is 130 cm³/mol. The van der Waals surface area contributed by atoms with Crippen molar-refractivity contribution < 1.29 is 39.8 Å². The van der Waals surface area contributed by atoms with Gasteiger partial charge in [-0.05, 0) is 38.0 Å². The molecular weight excluding hydrogens is 547 g/mol. The molecule has 14 heteroatoms. The molecule has 0 radical (unpaired) electrons. The second-order valence-electron chi connectivity index (χ2n) is 10.0. The molecule has 2 saturated heterocycles. The molecule has 1 spiro atoms. The van der Waals surface area contributed by atoms with Crippen LogP contribution >= 0.6 is 10.6 Å². The Kier molecular flexibility index (Phi) is 6.31. The van der Waals surface area contributed by atoms with Crippen molar-refractivity contribution >= 4 is 16.5 Å². The van der Waals surface area contributed by atoms with Gasteiger partial charge in [0.1, 0.15) is 17.4 Å². The van der Waals surface area contributed by atoms with Crippen LogP contribution in [0, 0.1) is 23.4 Å². The Labute approximate surface area is 221 Å². The Morgan fingerprint density at radius 1 is 1.21 bits per heavy atom. The Morgan fingerprint density at radius 2 is 1.97 bits per heavy atom. The standard InChI is InChI=1S/C25H23F5N4O4S/c1-25(10-39(11-25)36-12-37-39)32-23(35)13-2-4-16-20(6-13)34(22-19(28)7-14(26)9-31-22)33-21(16)17-8-15(38-24(29)30)3-5-18(17)27/h3,5,7-9,13,24H,2,4,6,10-12H2,1H3,(H,32,35)/t13-/m1/s1. The Morgan fingerprint density at radius 3 is 2.64 bits per heavy atom. The summed E-state index contributed by atoms with van der Waals surface area (Å²) in [6.07, 6.45) is 1.58. The molecule has 4 heterocycles. The molecule has 2 aromatic heterocycles. The van der Waals surface area contributed by atoms with Crippen LogP contribution in [-0.2, 0) is 26.0 Å². The molecule has 1 atom stereocenters. The van der Waals surface area contributed by atoms with Crippen molar-refractivity contribution in [1.82, 2.24) is 20.1 Å². The van der Waals surface area contributed by atoms with Gasteiger partial charge in [-0.2, -0.15) is 24.5 Å². The maximum absolute atomic E-state index is 14.9. The number of carbonyl (C=O) groups excluding carboxylic acids is 1. The number of pyridine rings is 1. The van der Waals surface area contributed by atoms with E-state index in [0.29, 0.717) is 35.3 Å². The molecule has 1 N–H and O–H groups in total. The number of aromatic nitrogens is 3. The largest absolute Gasteiger partial charge is 0.435 e. The van der Waals surface area contributed by atoms with Gasteiger partial charge in [0, 0.05) is 29.5 Å². The maximum atomic E-state index is 14.9. The maximum Gasteiger partial charge on any atom is 0.387 e. The van der Waals surface area contributed by atoms with Crippen molar-refractivity contribution in [2.24, 2.45) is 5.92 Å². The molecule has 1 amide bonds. The molecule has 0 unspecified atom stereocenters. The number of hydrogen-bond donors (Lipinski definition) is 1. The van der Waals surface area contributed by atoms with Gasteiger partial charge in [-0.3, -0.25) is 13.2 Å². The third kappa shape index (κ3) is 4.74. The zero-order chi connectivity index (χ0) is 27.5. The van der Waals surface area contributed by atoms with Crippen molar-refractivity contribution in [3.63, 3.8) is 0 Å². The summed E-state index contributed by atoms with van der Waals surface area (Å²) in [7, 11) is -1.52. The van der Waals surface area contributed by atoms with Crippen LogP contribution in [0.1, 0.15) is 24.6 Å². The van der Waals surface area contributed by atoms with E-state index in [-0.39, 0.29) is 48.4 Å². The minimum atomic E-state index is -3.12. The van der Waals surface area contributed by atoms with Crippen molar-refractivity contribution in [2.75, 3.05) is 18.3 Å². The van der Waals surface area contributed by atoms with Crippen LogP contribution in [0.3, 0.4) is 0 Å². The molecule has 2 aliphatic heterocycles. The molecule has 39 heavy (non-hydrogen) atoms. The monoisotopic (exact) mass is 570 g/mol. The lowest BCUT2D eigenvalue weighted by Crippen LogP contribution is -2.65. The lowest BCUT2D eigenvalue weighted by molar-refractivity contribution is -0.127. The molecule has 3 aromatic rings. The summed E-state index contributed by atoms with van der Waals surface area (Å²) in [6.45, 7) is -0.939. The van der Waals surface area contributed by atoms with Gasteiger partial charge in [0.15, 0.2) is 18.4 Å². The van der Waals surface area contributed by atoms with E-state index >= 15 is 0 Å². The van der Waals surface area contributed by atoms with Gasteiger partial charge < -0.3 is 10.1 Å². The number of amides is 1. The van der Waals surface area contributed by atoms with Gasteiger partial charge in [-0.15, -0.1) is 0 Å². The number of fused-ring (bicyclic) bond motifs is 1. The predicted octanol–water partition coefficient (Wildman–Crippen LogP) is 4.59. The fourth-order valence-electron chi connectivity index (χ4n) is 5.40. The number of benzene rings is 1. The summed E-state index contributed by atoms with van der Waals surface area (Å²) < 4.78 is 85.5. The fraction of sp³-hybridized carbons (Fsp3) is 0.400. The van der Waals surface area contributed by atoms with Gasteiger partial charge in [0.2, 0.25) is 5.91 Å². The van der Waals surface area contributed by atoms with Crippen molar-refractivity contribution in [1.29, 1.82) is 0 Å². The van der Waals surface area contributed by atoms with Crippen LogP contribution in [0.25, 0.3) is 17.1 Å². The zero-order valence-corrected chi connectivity index (χ0v) is 21.4. The van der Waals surface area contributed by atoms with Crippen molar-refractivity contribution in [2.45, 2.75) is 38.3 Å². The summed E-state index contributed by atoms with van der Waals surface area (Å²) in [5.74, 6) is -2.83. The second-order valence-corrected chi connectivity index (χ2v) is 12.6. The van der Waals surface area contributed by atoms with Gasteiger partial charge in [0.25, 0.3) is 0 Å².